The minimum atomic E-state index is -0.0645. The van der Waals surface area contributed by atoms with Gasteiger partial charge in [0, 0.05) is 99.1 Å². The van der Waals surface area contributed by atoms with E-state index in [4.69, 9.17) is 17.5 Å². The van der Waals surface area contributed by atoms with Gasteiger partial charge in [0.05, 0.1) is 23.5 Å². The molecule has 0 N–H and O–H groups in total. The fourth-order valence-corrected chi connectivity index (χ4v) is 24.2. The second-order valence-corrected chi connectivity index (χ2v) is 35.0. The van der Waals surface area contributed by atoms with Gasteiger partial charge in [0.2, 0.25) is 0 Å². The number of thiophene rings is 6. The molecule has 0 saturated heterocycles. The maximum atomic E-state index is 5.19. The number of hydrogen-bond acceptors (Lipinski definition) is 12. The molecule has 2 aliphatic rings. The fourth-order valence-electron chi connectivity index (χ4n) is 14.4. The normalized spacial score (nSPS) is 13.8. The quantitative estimate of drug-likeness (QED) is 0.0298. The third-order valence-corrected chi connectivity index (χ3v) is 29.0. The molecule has 0 radical (unpaired) electrons. The van der Waals surface area contributed by atoms with E-state index in [-0.39, 0.29) is 10.8 Å². The Kier molecular flexibility index (Phi) is 21.7. The number of halogens is 2. The Morgan fingerprint density at radius 2 is 0.922 bits per heavy atom. The zero-order valence-corrected chi connectivity index (χ0v) is 62.6. The van der Waals surface area contributed by atoms with Gasteiger partial charge in [-0.25, -0.2) is 0 Å². The van der Waals surface area contributed by atoms with E-state index < -0.39 is 0 Å². The van der Waals surface area contributed by atoms with E-state index in [0.717, 1.165) is 52.0 Å². The zero-order chi connectivity index (χ0) is 61.6. The van der Waals surface area contributed by atoms with Gasteiger partial charge in [-0.3, -0.25) is 0 Å². The average molecular weight is 1470 g/mol. The van der Waals surface area contributed by atoms with E-state index in [2.05, 4.69) is 167 Å². The number of aryl methyl sites for hydroxylation is 2. The molecule has 0 amide bonds. The van der Waals surface area contributed by atoms with Crippen LogP contribution in [0.25, 0.3) is 82.7 Å². The lowest BCUT2D eigenvalue weighted by Crippen LogP contribution is -2.25. The van der Waals surface area contributed by atoms with Crippen LogP contribution in [-0.4, -0.2) is 28.2 Å². The summed E-state index contributed by atoms with van der Waals surface area (Å²) in [4.78, 5) is 15.6. The van der Waals surface area contributed by atoms with Gasteiger partial charge in [-0.05, 0) is 143 Å². The van der Waals surface area contributed by atoms with Crippen molar-refractivity contribution >= 4 is 145 Å². The van der Waals surface area contributed by atoms with E-state index in [9.17, 15) is 0 Å². The Labute approximate surface area is 584 Å². The number of unbranched alkanes of at least 4 members (excludes halogenated alkanes) is 16. The highest BCUT2D eigenvalue weighted by molar-refractivity contribution is 9.09. The first kappa shape index (κ1) is 65.1. The number of nitrogens with zero attached hydrogens (tertiary/aromatic N) is 4. The monoisotopic (exact) mass is 1470 g/mol. The zero-order valence-electron chi connectivity index (χ0n) is 52.8. The van der Waals surface area contributed by atoms with Crippen molar-refractivity contribution in [3.63, 3.8) is 0 Å². The molecule has 13 rings (SSSR count). The lowest BCUT2D eigenvalue weighted by atomic mass is 9.71. The molecule has 90 heavy (non-hydrogen) atoms. The summed E-state index contributed by atoms with van der Waals surface area (Å²) in [5, 5.41) is 4.63. The van der Waals surface area contributed by atoms with Gasteiger partial charge < -0.3 is 0 Å². The molecule has 0 unspecified atom stereocenters. The molecule has 14 heteroatoms. The Bertz CT molecular complexity index is 4160. The van der Waals surface area contributed by atoms with Crippen LogP contribution in [0.4, 0.5) is 0 Å². The molecule has 3 aromatic carbocycles. The highest BCUT2D eigenvalue weighted by Crippen LogP contribution is 2.62. The van der Waals surface area contributed by atoms with Crippen LogP contribution in [0.1, 0.15) is 223 Å². The number of fused-ring (bicyclic) bond motifs is 8. The van der Waals surface area contributed by atoms with Gasteiger partial charge >= 0.3 is 0 Å². The predicted octanol–water partition coefficient (Wildman–Crippen LogP) is 27.0. The van der Waals surface area contributed by atoms with Gasteiger partial charge in [-0.1, -0.05) is 217 Å². The van der Waals surface area contributed by atoms with Crippen LogP contribution in [-0.2, 0) is 36.5 Å². The fraction of sp³-hybridized carbons (Fsp3) is 0.447. The largest absolute Gasteiger partial charge is 0.173 e. The molecular weight excluding hydrogens is 1390 g/mol. The van der Waals surface area contributed by atoms with E-state index in [1.54, 1.807) is 11.1 Å². The van der Waals surface area contributed by atoms with Crippen LogP contribution in [0.5, 0.6) is 0 Å². The second-order valence-electron chi connectivity index (χ2n) is 26.0. The maximum Gasteiger partial charge on any atom is 0.113 e. The van der Waals surface area contributed by atoms with E-state index in [1.165, 1.54) is 275 Å². The lowest BCUT2D eigenvalue weighted by molar-refractivity contribution is 0.399. The first-order valence-electron chi connectivity index (χ1n) is 33.6. The van der Waals surface area contributed by atoms with Crippen molar-refractivity contribution in [1.29, 1.82) is 0 Å². The molecule has 0 atom stereocenters. The molecule has 4 nitrogen and oxygen atoms in total. The number of aromatic nitrogens is 4. The molecule has 470 valence electrons. The Balaban J connectivity index is 0.825. The molecule has 0 aliphatic heterocycles. The van der Waals surface area contributed by atoms with Gasteiger partial charge in [0.25, 0.3) is 0 Å². The summed E-state index contributed by atoms with van der Waals surface area (Å²) >= 11 is 22.1. The smallest absolute Gasteiger partial charge is 0.113 e. The van der Waals surface area contributed by atoms with E-state index >= 15 is 0 Å². The molecule has 8 aromatic heterocycles. The van der Waals surface area contributed by atoms with Crippen molar-refractivity contribution in [2.75, 3.05) is 10.7 Å². The summed E-state index contributed by atoms with van der Waals surface area (Å²) in [6.07, 6.45) is 32.3. The molecule has 0 bridgehead atoms. The summed E-state index contributed by atoms with van der Waals surface area (Å²) in [7, 11) is 0. The summed E-state index contributed by atoms with van der Waals surface area (Å²) in [6, 6.07) is 35.8. The van der Waals surface area contributed by atoms with Gasteiger partial charge in [0.15, 0.2) is 0 Å². The maximum absolute atomic E-state index is 5.19. The summed E-state index contributed by atoms with van der Waals surface area (Å²) < 4.78 is 20.6. The summed E-state index contributed by atoms with van der Waals surface area (Å²) in [5.41, 5.74) is 19.6. The van der Waals surface area contributed by atoms with Gasteiger partial charge in [0.1, 0.15) is 22.1 Å². The molecule has 2 aliphatic carbocycles. The Morgan fingerprint density at radius 1 is 0.411 bits per heavy atom. The molecular formula is C76H84Br2N4S8. The second kappa shape index (κ2) is 30.0. The standard InChI is InChI=1S/C76H84Br2N4S8/c1-5-7-9-20-28-49-40-65(83-48-49)66-42-51(31-21-10-8-6-2)61(85-66)43-53-33-35-56(70-68(53)80-90-82-70)64-47-60-74(88-64)73-59(76(60,36-24-15-11-13-17-26-38-77)37-25-16-12-14-18-27-39-78)44-54(84-73)41-52-32-34-55(69-67(52)79-89-81-69)63-46-58-72(87-63)71-57(75(58,3)4)45-62(86-71)50-29-22-19-23-30-50/h19,22-23,29-30,32-35,40,42,44-48H,5-18,20-21,24-28,31,36-39,41,43H2,1-4H3. The van der Waals surface area contributed by atoms with Crippen LogP contribution in [0.15, 0.2) is 96.4 Å². The van der Waals surface area contributed by atoms with Crippen molar-refractivity contribution in [3.8, 4) is 60.6 Å². The Hall–Kier alpha value is -3.54. The highest BCUT2D eigenvalue weighted by Gasteiger charge is 2.46. The summed E-state index contributed by atoms with van der Waals surface area (Å²) in [6.45, 7) is 9.43. The minimum Gasteiger partial charge on any atom is -0.173 e. The SMILES string of the molecule is CCCCCCc1csc(-c2cc(CCCCCC)c(Cc3ccc(-c4cc5c(s4)-c4sc(Cc6ccc(-c7cc8c(s7)-c7sc(-c9ccccc9)cc7C8(C)C)c7nsnc67)cc4C5(CCCCCCCCBr)CCCCCCCCBr)c4nsnc34)s2)c1. The first-order valence-corrected chi connectivity index (χ1v) is 42.3. The van der Waals surface area contributed by atoms with Crippen molar-refractivity contribution < 1.29 is 0 Å². The summed E-state index contributed by atoms with van der Waals surface area (Å²) in [5.74, 6) is 0. The van der Waals surface area contributed by atoms with E-state index in [0.29, 0.717) is 0 Å². The number of rotatable bonds is 34. The van der Waals surface area contributed by atoms with Crippen LogP contribution >= 0.6 is 123 Å². The van der Waals surface area contributed by atoms with Crippen LogP contribution < -0.4 is 0 Å². The van der Waals surface area contributed by atoms with Crippen molar-refractivity contribution in [1.82, 2.24) is 17.5 Å². The van der Waals surface area contributed by atoms with Crippen LogP contribution in [0, 0.1) is 0 Å². The molecule has 0 spiro atoms. The number of hydrogen-bond donors (Lipinski definition) is 0. The molecule has 0 saturated carbocycles. The molecule has 8 heterocycles. The van der Waals surface area contributed by atoms with Crippen LogP contribution in [0.3, 0.4) is 0 Å². The number of alkyl halides is 2. The molecule has 0 fully saturated rings. The third-order valence-electron chi connectivity index (χ3n) is 19.5. The highest BCUT2D eigenvalue weighted by atomic mass is 79.9. The van der Waals surface area contributed by atoms with Crippen molar-refractivity contribution in [2.45, 2.75) is 205 Å². The molecule has 11 aromatic rings. The number of benzene rings is 3. The van der Waals surface area contributed by atoms with Gasteiger partial charge in [-0.15, -0.1) is 68.0 Å². The van der Waals surface area contributed by atoms with Crippen molar-refractivity contribution in [2.24, 2.45) is 0 Å². The van der Waals surface area contributed by atoms with Crippen LogP contribution in [0.2, 0.25) is 0 Å². The predicted molar refractivity (Wildman–Crippen MR) is 408 cm³/mol. The topological polar surface area (TPSA) is 51.6 Å². The van der Waals surface area contributed by atoms with Gasteiger partial charge in [-0.2, -0.15) is 17.5 Å². The van der Waals surface area contributed by atoms with E-state index in [1.807, 2.05) is 56.7 Å². The average Bonchev–Trinajstić information content (AvgIpc) is 1.56. The Morgan fingerprint density at radius 3 is 1.54 bits per heavy atom. The minimum absolute atomic E-state index is 0.0267. The van der Waals surface area contributed by atoms with Crippen molar-refractivity contribution in [3.05, 3.63) is 151 Å². The first-order chi connectivity index (χ1) is 44.2. The lowest BCUT2D eigenvalue weighted by Gasteiger charge is -2.31. The third kappa shape index (κ3) is 13.7.